The molecule has 8 heteroatoms. The first-order valence-corrected chi connectivity index (χ1v) is 7.23. The molecule has 2 aromatic carbocycles. The molecule has 130 valence electrons. The van der Waals surface area contributed by atoms with E-state index in [9.17, 15) is 18.0 Å². The molecule has 2 amide bonds. The number of halogens is 3. The second kappa shape index (κ2) is 6.76. The lowest BCUT2D eigenvalue weighted by Gasteiger charge is -2.06. The van der Waals surface area contributed by atoms with Gasteiger partial charge in [-0.25, -0.2) is 4.79 Å². The Bertz CT molecular complexity index is 802. The molecule has 1 aliphatic rings. The molecule has 0 unspecified atom stereocenters. The van der Waals surface area contributed by atoms with E-state index in [1.54, 1.807) is 18.2 Å². The fourth-order valence-corrected chi connectivity index (χ4v) is 2.14. The Hall–Kier alpha value is -3.16. The molecule has 25 heavy (non-hydrogen) atoms. The molecule has 0 aliphatic carbocycles. The summed E-state index contributed by atoms with van der Waals surface area (Å²) in [6.07, 6.45) is -1.55. The highest BCUT2D eigenvalue weighted by Crippen LogP contribution is 2.34. The number of alkyl halides is 3. The summed E-state index contributed by atoms with van der Waals surface area (Å²) in [6, 6.07) is 9.05. The largest absolute Gasteiger partial charge is 0.454 e. The molecule has 0 aromatic heterocycles. The molecular formula is C17H13F3N2O3. The summed E-state index contributed by atoms with van der Waals surface area (Å²) in [6.45, 7) is 0.140. The van der Waals surface area contributed by atoms with Crippen molar-refractivity contribution in [2.45, 2.75) is 6.18 Å². The molecule has 1 aliphatic heterocycles. The predicted molar refractivity (Wildman–Crippen MR) is 85.2 cm³/mol. The summed E-state index contributed by atoms with van der Waals surface area (Å²) in [5, 5.41) is 5.07. The molecule has 0 bridgehead atoms. The zero-order valence-electron chi connectivity index (χ0n) is 12.8. The van der Waals surface area contributed by atoms with Gasteiger partial charge in [0.2, 0.25) is 6.79 Å². The minimum Gasteiger partial charge on any atom is -0.454 e. The highest BCUT2D eigenvalue weighted by molar-refractivity contribution is 5.90. The Morgan fingerprint density at radius 1 is 1.04 bits per heavy atom. The molecule has 0 spiro atoms. The van der Waals surface area contributed by atoms with Crippen molar-refractivity contribution in [2.24, 2.45) is 0 Å². The number of fused-ring (bicyclic) bond motifs is 1. The quantitative estimate of drug-likeness (QED) is 0.871. The van der Waals surface area contributed by atoms with E-state index in [2.05, 4.69) is 10.6 Å². The van der Waals surface area contributed by atoms with Crippen molar-refractivity contribution in [1.29, 1.82) is 0 Å². The Kier molecular flexibility index (Phi) is 4.51. The van der Waals surface area contributed by atoms with Crippen LogP contribution in [0.25, 0.3) is 6.08 Å². The first-order chi connectivity index (χ1) is 11.9. The monoisotopic (exact) mass is 350 g/mol. The van der Waals surface area contributed by atoms with Crippen LogP contribution in [-0.2, 0) is 6.18 Å². The van der Waals surface area contributed by atoms with Crippen LogP contribution in [0.1, 0.15) is 11.1 Å². The summed E-state index contributed by atoms with van der Waals surface area (Å²) in [5.41, 5.74) is 0.319. The molecule has 0 saturated heterocycles. The number of hydrogen-bond donors (Lipinski definition) is 2. The van der Waals surface area contributed by atoms with Crippen LogP contribution >= 0.6 is 0 Å². The third-order valence-corrected chi connectivity index (χ3v) is 3.36. The number of urea groups is 1. The van der Waals surface area contributed by atoms with Gasteiger partial charge in [-0.2, -0.15) is 13.2 Å². The summed E-state index contributed by atoms with van der Waals surface area (Å²) >= 11 is 0. The predicted octanol–water partition coefficient (Wildman–Crippen LogP) is 4.23. The number of carbonyl (C=O) groups is 1. The minimum atomic E-state index is -4.37. The van der Waals surface area contributed by atoms with Gasteiger partial charge in [0.1, 0.15) is 0 Å². The third-order valence-electron chi connectivity index (χ3n) is 3.36. The molecule has 5 nitrogen and oxygen atoms in total. The van der Waals surface area contributed by atoms with Gasteiger partial charge in [0, 0.05) is 18.0 Å². The Morgan fingerprint density at radius 3 is 2.48 bits per heavy atom. The van der Waals surface area contributed by atoms with Gasteiger partial charge in [0.05, 0.1) is 5.56 Å². The van der Waals surface area contributed by atoms with E-state index in [4.69, 9.17) is 9.47 Å². The Labute approximate surface area is 141 Å². The van der Waals surface area contributed by atoms with E-state index in [0.29, 0.717) is 22.7 Å². The van der Waals surface area contributed by atoms with Crippen LogP contribution in [0.4, 0.5) is 23.7 Å². The van der Waals surface area contributed by atoms with Crippen LogP contribution in [0.5, 0.6) is 11.5 Å². The number of anilines is 1. The first-order valence-electron chi connectivity index (χ1n) is 7.23. The zero-order chi connectivity index (χ0) is 17.9. The van der Waals surface area contributed by atoms with Gasteiger partial charge < -0.3 is 20.1 Å². The van der Waals surface area contributed by atoms with Gasteiger partial charge in [-0.05, 0) is 35.9 Å². The number of amides is 2. The van der Waals surface area contributed by atoms with Crippen molar-refractivity contribution in [3.05, 3.63) is 59.8 Å². The van der Waals surface area contributed by atoms with Crippen LogP contribution in [0.15, 0.2) is 48.7 Å². The number of benzene rings is 2. The standard InChI is InChI=1S/C17H13F3N2O3/c18-17(19,20)12-3-1-11(2-4-12)7-8-21-16(23)22-13-5-6-14-15(9-13)25-10-24-14/h1-9H,10H2,(H2,21,22,23)/b8-7+. The summed E-state index contributed by atoms with van der Waals surface area (Å²) < 4.78 is 47.8. The highest BCUT2D eigenvalue weighted by atomic mass is 19.4. The van der Waals surface area contributed by atoms with Gasteiger partial charge in [-0.15, -0.1) is 0 Å². The fourth-order valence-electron chi connectivity index (χ4n) is 2.14. The fraction of sp³-hybridized carbons (Fsp3) is 0.118. The Morgan fingerprint density at radius 2 is 1.76 bits per heavy atom. The first kappa shape index (κ1) is 16.7. The molecule has 0 fully saturated rings. The van der Waals surface area contributed by atoms with E-state index >= 15 is 0 Å². The third kappa shape index (κ3) is 4.23. The maximum atomic E-state index is 12.5. The van der Waals surface area contributed by atoms with Gasteiger partial charge in [-0.1, -0.05) is 12.1 Å². The van der Waals surface area contributed by atoms with Crippen molar-refractivity contribution in [3.63, 3.8) is 0 Å². The number of carbonyl (C=O) groups excluding carboxylic acids is 1. The molecule has 2 aromatic rings. The van der Waals surface area contributed by atoms with Gasteiger partial charge in [0.25, 0.3) is 0 Å². The van der Waals surface area contributed by atoms with E-state index in [0.717, 1.165) is 12.1 Å². The number of rotatable bonds is 3. The van der Waals surface area contributed by atoms with Crippen molar-refractivity contribution in [2.75, 3.05) is 12.1 Å². The lowest BCUT2D eigenvalue weighted by molar-refractivity contribution is -0.137. The van der Waals surface area contributed by atoms with Gasteiger partial charge in [0.15, 0.2) is 11.5 Å². The zero-order valence-corrected chi connectivity index (χ0v) is 12.8. The second-order valence-corrected chi connectivity index (χ2v) is 5.12. The maximum Gasteiger partial charge on any atom is 0.416 e. The number of ether oxygens (including phenoxy) is 2. The number of nitrogens with one attached hydrogen (secondary N) is 2. The SMILES string of the molecule is O=C(N/C=C/c1ccc(C(F)(F)F)cc1)Nc1ccc2c(c1)OCO2. The second-order valence-electron chi connectivity index (χ2n) is 5.12. The van der Waals surface area contributed by atoms with E-state index in [1.807, 2.05) is 0 Å². The van der Waals surface area contributed by atoms with Gasteiger partial charge in [-0.3, -0.25) is 0 Å². The highest BCUT2D eigenvalue weighted by Gasteiger charge is 2.29. The maximum absolute atomic E-state index is 12.5. The van der Waals surface area contributed by atoms with Crippen LogP contribution in [0, 0.1) is 0 Å². The van der Waals surface area contributed by atoms with Crippen molar-refractivity contribution < 1.29 is 27.4 Å². The van der Waals surface area contributed by atoms with E-state index in [-0.39, 0.29) is 6.79 Å². The Balaban J connectivity index is 1.54. The minimum absolute atomic E-state index is 0.140. The van der Waals surface area contributed by atoms with E-state index in [1.165, 1.54) is 24.4 Å². The van der Waals surface area contributed by atoms with Crippen molar-refractivity contribution >= 4 is 17.8 Å². The lowest BCUT2D eigenvalue weighted by Crippen LogP contribution is -2.23. The smallest absolute Gasteiger partial charge is 0.416 e. The number of hydrogen-bond acceptors (Lipinski definition) is 3. The molecule has 2 N–H and O–H groups in total. The van der Waals surface area contributed by atoms with Crippen LogP contribution in [0.3, 0.4) is 0 Å². The van der Waals surface area contributed by atoms with Gasteiger partial charge >= 0.3 is 12.2 Å². The summed E-state index contributed by atoms with van der Waals surface area (Å²) in [7, 11) is 0. The van der Waals surface area contributed by atoms with Crippen LogP contribution in [-0.4, -0.2) is 12.8 Å². The molecule has 0 radical (unpaired) electrons. The van der Waals surface area contributed by atoms with Crippen molar-refractivity contribution in [3.8, 4) is 11.5 Å². The van der Waals surface area contributed by atoms with Crippen LogP contribution < -0.4 is 20.1 Å². The normalized spacial score (nSPS) is 13.1. The average molecular weight is 350 g/mol. The molecular weight excluding hydrogens is 337 g/mol. The molecule has 0 atom stereocenters. The summed E-state index contributed by atoms with van der Waals surface area (Å²) in [4.78, 5) is 11.8. The molecule has 1 heterocycles. The van der Waals surface area contributed by atoms with Crippen molar-refractivity contribution in [1.82, 2.24) is 5.32 Å². The lowest BCUT2D eigenvalue weighted by atomic mass is 10.1. The van der Waals surface area contributed by atoms with E-state index < -0.39 is 17.8 Å². The summed E-state index contributed by atoms with van der Waals surface area (Å²) in [5.74, 6) is 1.14. The molecule has 0 saturated carbocycles. The topological polar surface area (TPSA) is 59.6 Å². The van der Waals surface area contributed by atoms with Crippen LogP contribution in [0.2, 0.25) is 0 Å². The molecule has 3 rings (SSSR count). The average Bonchev–Trinajstić information content (AvgIpc) is 3.02.